The van der Waals surface area contributed by atoms with Crippen molar-refractivity contribution in [1.82, 2.24) is 0 Å². The van der Waals surface area contributed by atoms with Gasteiger partial charge in [-0.1, -0.05) is 12.1 Å². The zero-order chi connectivity index (χ0) is 18.1. The summed E-state index contributed by atoms with van der Waals surface area (Å²) in [5, 5.41) is 23.7. The summed E-state index contributed by atoms with van der Waals surface area (Å²) in [7, 11) is 0. The Bertz CT molecular complexity index is 718. The van der Waals surface area contributed by atoms with Gasteiger partial charge in [0, 0.05) is 24.3 Å². The van der Waals surface area contributed by atoms with E-state index in [9.17, 15) is 36.8 Å². The Morgan fingerprint density at radius 3 is 1.25 bits per heavy atom. The Kier molecular flexibility index (Phi) is 4.41. The van der Waals surface area contributed by atoms with Crippen molar-refractivity contribution < 1.29 is 36.1 Å². The summed E-state index contributed by atoms with van der Waals surface area (Å²) in [6.07, 6.45) is -9.47. The molecule has 0 aromatic heterocycles. The molecule has 4 nitrogen and oxygen atoms in total. The molecule has 0 aliphatic rings. The van der Waals surface area contributed by atoms with Gasteiger partial charge in [-0.3, -0.25) is 0 Å². The molecule has 10 heteroatoms. The molecule has 2 aromatic rings. The minimum atomic E-state index is -4.74. The van der Waals surface area contributed by atoms with E-state index in [4.69, 9.17) is 0 Å². The molecular formula is C14H8F6N2O2. The van der Waals surface area contributed by atoms with Crippen molar-refractivity contribution in [2.24, 2.45) is 0 Å². The van der Waals surface area contributed by atoms with E-state index in [-0.39, 0.29) is 0 Å². The first-order valence-electron chi connectivity index (χ1n) is 6.29. The van der Waals surface area contributed by atoms with Crippen LogP contribution < -0.4 is 0 Å². The molecule has 0 unspecified atom stereocenters. The molecule has 128 valence electrons. The van der Waals surface area contributed by atoms with Crippen LogP contribution in [0.1, 0.15) is 11.1 Å². The molecule has 0 bridgehead atoms. The lowest BCUT2D eigenvalue weighted by Crippen LogP contribution is -2.11. The molecule has 0 aliphatic carbocycles. The highest BCUT2D eigenvalue weighted by Crippen LogP contribution is 2.33. The molecule has 0 saturated carbocycles. The van der Waals surface area contributed by atoms with Gasteiger partial charge in [0.2, 0.25) is 0 Å². The zero-order valence-electron chi connectivity index (χ0n) is 11.6. The van der Waals surface area contributed by atoms with Crippen LogP contribution in [-0.2, 0) is 12.4 Å². The molecule has 0 fully saturated rings. The minimum Gasteiger partial charge on any atom is -0.561 e. The van der Waals surface area contributed by atoms with Gasteiger partial charge in [0.05, 0.1) is 20.8 Å². The Hall–Kier alpha value is -2.78. The number of hydrogen-bond donors (Lipinski definition) is 0. The van der Waals surface area contributed by atoms with Gasteiger partial charge >= 0.3 is 12.4 Å². The van der Waals surface area contributed by atoms with Crippen molar-refractivity contribution in [3.05, 3.63) is 70.1 Å². The molecule has 24 heavy (non-hydrogen) atoms. The quantitative estimate of drug-likeness (QED) is 0.325. The maximum atomic E-state index is 12.6. The first kappa shape index (κ1) is 17.6. The van der Waals surface area contributed by atoms with Gasteiger partial charge in [-0.2, -0.15) is 26.3 Å². The molecule has 2 rings (SSSR count). The molecule has 0 spiro atoms. The lowest BCUT2D eigenvalue weighted by atomic mass is 10.2. The van der Waals surface area contributed by atoms with Crippen molar-refractivity contribution >= 4 is 11.4 Å². The van der Waals surface area contributed by atoms with Gasteiger partial charge in [-0.05, 0) is 12.1 Å². The average molecular weight is 350 g/mol. The summed E-state index contributed by atoms with van der Waals surface area (Å²) in [5.74, 6) is 0. The largest absolute Gasteiger partial charge is 0.561 e. The van der Waals surface area contributed by atoms with E-state index < -0.39 is 44.6 Å². The van der Waals surface area contributed by atoms with Crippen LogP contribution in [0, 0.1) is 10.4 Å². The molecule has 0 radical (unpaired) electrons. The predicted octanol–water partition coefficient (Wildman–Crippen LogP) is 5.16. The normalized spacial score (nSPS) is 13.6. The fourth-order valence-electron chi connectivity index (χ4n) is 1.81. The summed E-state index contributed by atoms with van der Waals surface area (Å²) < 4.78 is 75.6. The third-order valence-electron chi connectivity index (χ3n) is 2.95. The topological polar surface area (TPSA) is 52.1 Å². The molecule has 0 atom stereocenters. The van der Waals surface area contributed by atoms with Crippen molar-refractivity contribution in [3.8, 4) is 0 Å². The first-order valence-corrected chi connectivity index (χ1v) is 6.29. The Morgan fingerprint density at radius 2 is 0.958 bits per heavy atom. The lowest BCUT2D eigenvalue weighted by Gasteiger charge is -2.08. The van der Waals surface area contributed by atoms with Crippen LogP contribution in [0.2, 0.25) is 0 Å². The van der Waals surface area contributed by atoms with E-state index in [2.05, 4.69) is 0 Å². The molecule has 2 aromatic carbocycles. The molecule has 0 N–H and O–H groups in total. The number of alkyl halides is 6. The van der Waals surface area contributed by atoms with Crippen LogP contribution in [0.5, 0.6) is 0 Å². The highest BCUT2D eigenvalue weighted by Gasteiger charge is 2.33. The number of benzene rings is 2. The first-order chi connectivity index (χ1) is 11.0. The van der Waals surface area contributed by atoms with Crippen LogP contribution in [0.15, 0.2) is 48.5 Å². The molecule has 0 amide bonds. The van der Waals surface area contributed by atoms with Crippen LogP contribution in [-0.4, -0.2) is 9.72 Å². The van der Waals surface area contributed by atoms with Gasteiger partial charge in [-0.25, -0.2) is 0 Å². The Morgan fingerprint density at radius 1 is 0.625 bits per heavy atom. The van der Waals surface area contributed by atoms with E-state index >= 15 is 0 Å². The van der Waals surface area contributed by atoms with E-state index in [0.717, 1.165) is 24.3 Å². The van der Waals surface area contributed by atoms with Crippen molar-refractivity contribution in [3.63, 3.8) is 0 Å². The molecule has 0 aliphatic heterocycles. The number of rotatable bonds is 2. The second-order valence-electron chi connectivity index (χ2n) is 4.64. The second kappa shape index (κ2) is 6.02. The third kappa shape index (κ3) is 3.76. The Balaban J connectivity index is 2.49. The minimum absolute atomic E-state index is 0.422. The van der Waals surface area contributed by atoms with Crippen molar-refractivity contribution in [2.75, 3.05) is 0 Å². The highest BCUT2D eigenvalue weighted by atomic mass is 19.4. The zero-order valence-corrected chi connectivity index (χ0v) is 11.6. The fraction of sp³-hybridized carbons (Fsp3) is 0.143. The summed E-state index contributed by atoms with van der Waals surface area (Å²) in [4.78, 5) is -0.935. The van der Waals surface area contributed by atoms with Gasteiger partial charge in [-0.15, -0.1) is 0 Å². The Labute approximate surface area is 131 Å². The standard InChI is InChI=1S/C14H8F6N2O2/c15-13(16,17)9-3-1-5-11(7-9)21(23)22(24)12-6-2-4-10(8-12)14(18,19)20/h1-8H/b22-21+. The second-order valence-corrected chi connectivity index (χ2v) is 4.64. The van der Waals surface area contributed by atoms with Crippen LogP contribution >= 0.6 is 0 Å². The van der Waals surface area contributed by atoms with Crippen LogP contribution in [0.3, 0.4) is 0 Å². The van der Waals surface area contributed by atoms with E-state index in [1.807, 2.05) is 0 Å². The summed E-state index contributed by atoms with van der Waals surface area (Å²) in [5.41, 5.74) is -3.67. The summed E-state index contributed by atoms with van der Waals surface area (Å²) in [6, 6.07) is 5.90. The van der Waals surface area contributed by atoms with Gasteiger partial charge in [0.15, 0.2) is 0 Å². The highest BCUT2D eigenvalue weighted by molar-refractivity contribution is 5.37. The molecule has 0 saturated heterocycles. The third-order valence-corrected chi connectivity index (χ3v) is 2.95. The summed E-state index contributed by atoms with van der Waals surface area (Å²) in [6.45, 7) is 0. The van der Waals surface area contributed by atoms with Gasteiger partial charge < -0.3 is 10.4 Å². The van der Waals surface area contributed by atoms with Crippen LogP contribution in [0.25, 0.3) is 0 Å². The van der Waals surface area contributed by atoms with Crippen molar-refractivity contribution in [2.45, 2.75) is 12.4 Å². The number of azo groups is 1. The van der Waals surface area contributed by atoms with Crippen molar-refractivity contribution in [1.29, 1.82) is 0 Å². The number of nitrogens with zero attached hydrogens (tertiary/aromatic N) is 2. The van der Waals surface area contributed by atoms with Gasteiger partial charge in [0.1, 0.15) is 0 Å². The predicted molar refractivity (Wildman–Crippen MR) is 69.5 cm³/mol. The number of halogens is 6. The fourth-order valence-corrected chi connectivity index (χ4v) is 1.81. The summed E-state index contributed by atoms with van der Waals surface area (Å²) >= 11 is 0. The smallest absolute Gasteiger partial charge is 0.416 e. The molecule has 0 heterocycles. The van der Waals surface area contributed by atoms with E-state index in [0.29, 0.717) is 24.3 Å². The van der Waals surface area contributed by atoms with Gasteiger partial charge in [0.25, 0.3) is 11.4 Å². The lowest BCUT2D eigenvalue weighted by molar-refractivity contribution is -0.896. The molecular weight excluding hydrogens is 342 g/mol. The maximum Gasteiger partial charge on any atom is 0.416 e. The van der Waals surface area contributed by atoms with E-state index in [1.54, 1.807) is 0 Å². The van der Waals surface area contributed by atoms with Crippen LogP contribution in [0.4, 0.5) is 37.7 Å². The maximum absolute atomic E-state index is 12.6. The monoisotopic (exact) mass is 350 g/mol. The number of hydrogen-bond acceptors (Lipinski definition) is 2. The average Bonchev–Trinajstić information content (AvgIpc) is 2.52. The SMILES string of the molecule is [O-]/[N+](c1cccc(C(F)(F)F)c1)=[N+](/[O-])c1cccc(C(F)(F)F)c1. The van der Waals surface area contributed by atoms with E-state index in [1.165, 1.54) is 0 Å².